The van der Waals surface area contributed by atoms with E-state index in [1.807, 2.05) is 36.4 Å². The van der Waals surface area contributed by atoms with Gasteiger partial charge in [0.05, 0.1) is 17.5 Å². The van der Waals surface area contributed by atoms with Crippen LogP contribution < -0.4 is 5.32 Å². The molecule has 2 aliphatic rings. The van der Waals surface area contributed by atoms with E-state index in [1.165, 1.54) is 12.1 Å². The lowest BCUT2D eigenvalue weighted by atomic mass is 9.98. The third kappa shape index (κ3) is 4.53. The predicted molar refractivity (Wildman–Crippen MR) is 142 cm³/mol. The number of carbonyl (C=O) groups is 4. The molecule has 1 aliphatic heterocycles. The van der Waals surface area contributed by atoms with Gasteiger partial charge in [0.1, 0.15) is 6.61 Å². The van der Waals surface area contributed by atoms with Gasteiger partial charge >= 0.3 is 12.1 Å². The van der Waals surface area contributed by atoms with Crippen molar-refractivity contribution in [2.75, 3.05) is 11.9 Å². The van der Waals surface area contributed by atoms with Gasteiger partial charge in [0.15, 0.2) is 0 Å². The van der Waals surface area contributed by atoms with Gasteiger partial charge in [-0.05, 0) is 52.1 Å². The van der Waals surface area contributed by atoms with Crippen LogP contribution in [0, 0.1) is 0 Å². The maximum atomic E-state index is 12.6. The number of imide groups is 1. The molecular formula is C31H22N2O6. The summed E-state index contributed by atoms with van der Waals surface area (Å²) < 4.78 is 5.58. The molecule has 0 radical (unpaired) electrons. The van der Waals surface area contributed by atoms with Gasteiger partial charge in [-0.15, -0.1) is 0 Å². The minimum absolute atomic E-state index is 0.0635. The van der Waals surface area contributed by atoms with Crippen molar-refractivity contribution in [3.8, 4) is 11.1 Å². The molecule has 3 amide bonds. The molecule has 4 aromatic rings. The Morgan fingerprint density at radius 3 is 1.90 bits per heavy atom. The molecule has 192 valence electrons. The fraction of sp³-hybridized carbons (Fsp3) is 0.0968. The van der Waals surface area contributed by atoms with Crippen LogP contribution in [-0.4, -0.2) is 35.5 Å². The zero-order valence-corrected chi connectivity index (χ0v) is 20.6. The summed E-state index contributed by atoms with van der Waals surface area (Å²) in [4.78, 5) is 55.1. The van der Waals surface area contributed by atoms with Crippen molar-refractivity contribution in [2.45, 2.75) is 12.3 Å². The molecule has 1 aliphatic carbocycles. The van der Waals surface area contributed by atoms with Crippen LogP contribution in [0.2, 0.25) is 0 Å². The Bertz CT molecular complexity index is 1570. The van der Waals surface area contributed by atoms with E-state index in [1.54, 1.807) is 36.4 Å². The molecule has 0 saturated carbocycles. The topological polar surface area (TPSA) is 102 Å². The van der Waals surface area contributed by atoms with Crippen LogP contribution in [0.25, 0.3) is 11.1 Å². The van der Waals surface area contributed by atoms with Gasteiger partial charge in [0, 0.05) is 11.6 Å². The fourth-order valence-corrected chi connectivity index (χ4v) is 5.06. The van der Waals surface area contributed by atoms with Crippen LogP contribution in [0.15, 0.2) is 97.1 Å². The molecule has 8 heteroatoms. The minimum Gasteiger partial charge on any atom is -0.448 e. The molecule has 1 N–H and O–H groups in total. The summed E-state index contributed by atoms with van der Waals surface area (Å²) in [5.74, 6) is -2.22. The smallest absolute Gasteiger partial charge is 0.411 e. The summed E-state index contributed by atoms with van der Waals surface area (Å²) in [7, 11) is 0. The SMILES string of the molecule is O=C(Cc1cccc(NC(=O)OCC2c3ccccc3-c3ccccc32)c1)ON1C(=O)c2ccccc2C1=O. The number of fused-ring (bicyclic) bond motifs is 4. The second-order valence-electron chi connectivity index (χ2n) is 9.24. The van der Waals surface area contributed by atoms with Gasteiger partial charge in [-0.2, -0.15) is 0 Å². The van der Waals surface area contributed by atoms with Crippen LogP contribution >= 0.6 is 0 Å². The van der Waals surface area contributed by atoms with Gasteiger partial charge in [-0.25, -0.2) is 9.59 Å². The molecule has 0 fully saturated rings. The molecule has 6 rings (SSSR count). The lowest BCUT2D eigenvalue weighted by molar-refractivity contribution is -0.167. The molecule has 1 heterocycles. The van der Waals surface area contributed by atoms with Crippen molar-refractivity contribution in [3.05, 3.63) is 125 Å². The molecule has 8 nitrogen and oxygen atoms in total. The van der Waals surface area contributed by atoms with Gasteiger partial charge in [-0.1, -0.05) is 77.9 Å². The van der Waals surface area contributed by atoms with E-state index in [0.717, 1.165) is 22.3 Å². The molecule has 0 atom stereocenters. The van der Waals surface area contributed by atoms with E-state index in [0.29, 0.717) is 16.3 Å². The zero-order chi connectivity index (χ0) is 26.9. The lowest BCUT2D eigenvalue weighted by Gasteiger charge is -2.15. The molecular weight excluding hydrogens is 496 g/mol. The third-order valence-electron chi connectivity index (χ3n) is 6.82. The number of rotatable bonds is 6. The number of ether oxygens (including phenoxy) is 1. The Morgan fingerprint density at radius 2 is 1.28 bits per heavy atom. The molecule has 39 heavy (non-hydrogen) atoms. The Kier molecular flexibility index (Phi) is 6.13. The minimum atomic E-state index is -0.789. The molecule has 4 aromatic carbocycles. The highest BCUT2D eigenvalue weighted by Gasteiger charge is 2.38. The van der Waals surface area contributed by atoms with Gasteiger partial charge in [0.2, 0.25) is 0 Å². The van der Waals surface area contributed by atoms with Crippen molar-refractivity contribution >= 4 is 29.6 Å². The van der Waals surface area contributed by atoms with Crippen LogP contribution in [0.1, 0.15) is 43.3 Å². The number of benzene rings is 4. The van der Waals surface area contributed by atoms with Crippen molar-refractivity contribution in [3.63, 3.8) is 0 Å². The second kappa shape index (κ2) is 9.90. The summed E-state index contributed by atoms with van der Waals surface area (Å²) in [6.07, 6.45) is -0.837. The highest BCUT2D eigenvalue weighted by molar-refractivity contribution is 6.20. The average molecular weight is 519 g/mol. The first-order chi connectivity index (χ1) is 19.0. The van der Waals surface area contributed by atoms with E-state index in [-0.39, 0.29) is 30.1 Å². The van der Waals surface area contributed by atoms with E-state index < -0.39 is 23.9 Å². The molecule has 0 saturated heterocycles. The van der Waals surface area contributed by atoms with Gasteiger partial charge in [-0.3, -0.25) is 14.9 Å². The maximum Gasteiger partial charge on any atom is 0.411 e. The van der Waals surface area contributed by atoms with Crippen LogP contribution in [-0.2, 0) is 20.8 Å². The Hall–Kier alpha value is -5.24. The number of hydrogen-bond donors (Lipinski definition) is 1. The Morgan fingerprint density at radius 1 is 0.718 bits per heavy atom. The summed E-state index contributed by atoms with van der Waals surface area (Å²) >= 11 is 0. The van der Waals surface area contributed by atoms with Gasteiger partial charge in [0.25, 0.3) is 11.8 Å². The van der Waals surface area contributed by atoms with Crippen LogP contribution in [0.5, 0.6) is 0 Å². The van der Waals surface area contributed by atoms with Gasteiger partial charge < -0.3 is 9.57 Å². The monoisotopic (exact) mass is 518 g/mol. The zero-order valence-electron chi connectivity index (χ0n) is 20.6. The highest BCUT2D eigenvalue weighted by Crippen LogP contribution is 2.44. The van der Waals surface area contributed by atoms with Crippen LogP contribution in [0.3, 0.4) is 0 Å². The van der Waals surface area contributed by atoms with Crippen molar-refractivity contribution in [2.24, 2.45) is 0 Å². The fourth-order valence-electron chi connectivity index (χ4n) is 5.06. The van der Waals surface area contributed by atoms with Crippen LogP contribution in [0.4, 0.5) is 10.5 Å². The largest absolute Gasteiger partial charge is 0.448 e. The number of amides is 3. The first kappa shape index (κ1) is 24.1. The van der Waals surface area contributed by atoms with E-state index >= 15 is 0 Å². The third-order valence-corrected chi connectivity index (χ3v) is 6.82. The Balaban J connectivity index is 1.07. The number of anilines is 1. The molecule has 0 spiro atoms. The number of hydrogen-bond acceptors (Lipinski definition) is 6. The van der Waals surface area contributed by atoms with Crippen molar-refractivity contribution < 1.29 is 28.8 Å². The molecule has 0 aromatic heterocycles. The maximum absolute atomic E-state index is 12.6. The quantitative estimate of drug-likeness (QED) is 0.346. The van der Waals surface area contributed by atoms with E-state index in [9.17, 15) is 19.2 Å². The first-order valence-electron chi connectivity index (χ1n) is 12.4. The first-order valence-corrected chi connectivity index (χ1v) is 12.4. The predicted octanol–water partition coefficient (Wildman–Crippen LogP) is 5.34. The van der Waals surface area contributed by atoms with E-state index in [2.05, 4.69) is 17.4 Å². The molecule has 0 bridgehead atoms. The average Bonchev–Trinajstić information content (AvgIpc) is 3.39. The summed E-state index contributed by atoms with van der Waals surface area (Å²) in [6, 6.07) is 29.0. The number of carbonyl (C=O) groups excluding carboxylic acids is 4. The second-order valence-corrected chi connectivity index (χ2v) is 9.24. The van der Waals surface area contributed by atoms with E-state index in [4.69, 9.17) is 9.57 Å². The molecule has 0 unspecified atom stereocenters. The number of nitrogens with zero attached hydrogens (tertiary/aromatic N) is 1. The normalized spacial score (nSPS) is 13.5. The summed E-state index contributed by atoms with van der Waals surface area (Å²) in [5, 5.41) is 3.17. The number of nitrogens with one attached hydrogen (secondary N) is 1. The van der Waals surface area contributed by atoms with Crippen molar-refractivity contribution in [1.82, 2.24) is 5.06 Å². The summed E-state index contributed by atoms with van der Waals surface area (Å²) in [6.45, 7) is 0.173. The van der Waals surface area contributed by atoms with Crippen molar-refractivity contribution in [1.29, 1.82) is 0 Å². The lowest BCUT2D eigenvalue weighted by Crippen LogP contribution is -2.33. The summed E-state index contributed by atoms with van der Waals surface area (Å²) in [5.41, 5.74) is 5.83. The standard InChI is InChI=1S/C31H22N2O6/c34-28(39-33-29(35)25-14-5-6-15-26(25)30(33)36)17-19-8-7-9-20(16-19)32-31(37)38-18-27-23-12-3-1-10-21(23)22-11-2-4-13-24(22)27/h1-16,27H,17-18H2,(H,32,37). The number of hydroxylamine groups is 2. The highest BCUT2D eigenvalue weighted by atomic mass is 16.7. The Labute approximate surface area is 223 Å².